The molecule has 1 aromatic rings. The minimum Gasteiger partial charge on any atom is -0.378 e. The topological polar surface area (TPSA) is 38.0 Å². The van der Waals surface area contributed by atoms with Crippen molar-refractivity contribution >= 4 is 0 Å². The Kier molecular flexibility index (Phi) is 2.60. The van der Waals surface area contributed by atoms with Gasteiger partial charge in [0.2, 0.25) is 0 Å². The maximum absolute atomic E-state index is 12.0. The van der Waals surface area contributed by atoms with Gasteiger partial charge in [-0.2, -0.15) is 13.2 Å². The molecule has 6 heteroatoms. The first-order valence-electron chi connectivity index (χ1n) is 3.71. The third-order valence-corrected chi connectivity index (χ3v) is 1.68. The Balaban J connectivity index is 2.94. The van der Waals surface area contributed by atoms with Gasteiger partial charge in [0.05, 0.1) is 18.2 Å². The zero-order valence-electron chi connectivity index (χ0n) is 6.91. The Morgan fingerprint density at radius 3 is 2.69 bits per heavy atom. The van der Waals surface area contributed by atoms with E-state index in [0.717, 1.165) is 6.20 Å². The number of aliphatic hydroxyl groups is 1. The van der Waals surface area contributed by atoms with Crippen molar-refractivity contribution in [3.63, 3.8) is 0 Å². The van der Waals surface area contributed by atoms with Crippen LogP contribution in [0.15, 0.2) is 12.5 Å². The summed E-state index contributed by atoms with van der Waals surface area (Å²) in [6, 6.07) is 0. The highest BCUT2D eigenvalue weighted by atomic mass is 19.4. The number of hydrogen-bond acceptors (Lipinski definition) is 2. The first kappa shape index (κ1) is 10.0. The predicted octanol–water partition coefficient (Wildman–Crippen LogP) is 1.50. The SMILES string of the molecule is CCn1cncc1[C@@H](O)C(F)(F)F. The number of aliphatic hydroxyl groups excluding tert-OH is 1. The molecule has 0 saturated carbocycles. The van der Waals surface area contributed by atoms with E-state index in [2.05, 4.69) is 4.98 Å². The molecule has 0 aliphatic heterocycles. The first-order valence-corrected chi connectivity index (χ1v) is 3.71. The van der Waals surface area contributed by atoms with Crippen LogP contribution in [-0.2, 0) is 6.54 Å². The molecule has 0 aliphatic carbocycles. The van der Waals surface area contributed by atoms with Crippen LogP contribution in [0, 0.1) is 0 Å². The zero-order valence-corrected chi connectivity index (χ0v) is 6.91. The molecular formula is C7H9F3N2O. The van der Waals surface area contributed by atoms with Crippen molar-refractivity contribution in [2.45, 2.75) is 25.7 Å². The first-order chi connectivity index (χ1) is 5.96. The van der Waals surface area contributed by atoms with Gasteiger partial charge in [0, 0.05) is 6.54 Å². The molecule has 13 heavy (non-hydrogen) atoms. The summed E-state index contributed by atoms with van der Waals surface area (Å²) in [5.74, 6) is 0. The van der Waals surface area contributed by atoms with Crippen LogP contribution in [0.1, 0.15) is 18.7 Å². The third kappa shape index (κ3) is 2.00. The fourth-order valence-corrected chi connectivity index (χ4v) is 0.991. The molecule has 1 heterocycles. The Morgan fingerprint density at radius 2 is 2.23 bits per heavy atom. The van der Waals surface area contributed by atoms with Gasteiger partial charge in [0.25, 0.3) is 0 Å². The maximum atomic E-state index is 12.0. The summed E-state index contributed by atoms with van der Waals surface area (Å²) in [4.78, 5) is 3.53. The van der Waals surface area contributed by atoms with E-state index in [1.54, 1.807) is 6.92 Å². The second kappa shape index (κ2) is 3.37. The smallest absolute Gasteiger partial charge is 0.378 e. The summed E-state index contributed by atoms with van der Waals surface area (Å²) in [5.41, 5.74) is -0.227. The minimum atomic E-state index is -4.63. The zero-order chi connectivity index (χ0) is 10.1. The van der Waals surface area contributed by atoms with Crippen LogP contribution in [0.4, 0.5) is 13.2 Å². The molecule has 1 atom stereocenters. The molecule has 0 aliphatic rings. The average Bonchev–Trinajstić information content (AvgIpc) is 2.48. The quantitative estimate of drug-likeness (QED) is 0.774. The summed E-state index contributed by atoms with van der Waals surface area (Å²) >= 11 is 0. The molecule has 0 fully saturated rings. The van der Waals surface area contributed by atoms with Crippen LogP contribution >= 0.6 is 0 Å². The van der Waals surface area contributed by atoms with E-state index in [1.165, 1.54) is 10.9 Å². The number of rotatable bonds is 2. The molecule has 1 N–H and O–H groups in total. The Labute approximate surface area is 72.8 Å². The van der Waals surface area contributed by atoms with Gasteiger partial charge >= 0.3 is 6.18 Å². The number of aryl methyl sites for hydroxylation is 1. The van der Waals surface area contributed by atoms with Gasteiger partial charge in [-0.25, -0.2) is 4.98 Å². The van der Waals surface area contributed by atoms with Gasteiger partial charge in [-0.15, -0.1) is 0 Å². The van der Waals surface area contributed by atoms with Crippen molar-refractivity contribution < 1.29 is 18.3 Å². The molecule has 0 aromatic carbocycles. The van der Waals surface area contributed by atoms with Crippen LogP contribution in [0.25, 0.3) is 0 Å². The molecule has 74 valence electrons. The van der Waals surface area contributed by atoms with Gasteiger partial charge < -0.3 is 9.67 Å². The monoisotopic (exact) mass is 194 g/mol. The number of nitrogens with zero attached hydrogens (tertiary/aromatic N) is 2. The van der Waals surface area contributed by atoms with Gasteiger partial charge in [-0.1, -0.05) is 0 Å². The maximum Gasteiger partial charge on any atom is 0.420 e. The number of halogens is 3. The van der Waals surface area contributed by atoms with E-state index in [0.29, 0.717) is 6.54 Å². The lowest BCUT2D eigenvalue weighted by Crippen LogP contribution is -2.22. The van der Waals surface area contributed by atoms with E-state index in [9.17, 15) is 13.2 Å². The number of aromatic nitrogens is 2. The largest absolute Gasteiger partial charge is 0.420 e. The van der Waals surface area contributed by atoms with Crippen LogP contribution < -0.4 is 0 Å². The van der Waals surface area contributed by atoms with Gasteiger partial charge in [-0.05, 0) is 6.92 Å². The lowest BCUT2D eigenvalue weighted by Gasteiger charge is -2.15. The summed E-state index contributed by atoms with van der Waals surface area (Å²) in [6.07, 6.45) is -4.81. The molecule has 0 saturated heterocycles. The summed E-state index contributed by atoms with van der Waals surface area (Å²) < 4.78 is 37.4. The minimum absolute atomic E-state index is 0.227. The standard InChI is InChI=1S/C7H9F3N2O/c1-2-12-4-11-3-5(12)6(13)7(8,9)10/h3-4,6,13H,2H2,1H3/t6-/m1/s1. The number of imidazole rings is 1. The van der Waals surface area contributed by atoms with E-state index in [1.807, 2.05) is 0 Å². The molecular weight excluding hydrogens is 185 g/mol. The molecule has 1 rings (SSSR count). The van der Waals surface area contributed by atoms with Crippen LogP contribution in [0.5, 0.6) is 0 Å². The second-order valence-corrected chi connectivity index (χ2v) is 2.55. The van der Waals surface area contributed by atoms with Gasteiger partial charge in [-0.3, -0.25) is 0 Å². The van der Waals surface area contributed by atoms with Gasteiger partial charge in [0.1, 0.15) is 0 Å². The highest BCUT2D eigenvalue weighted by Crippen LogP contribution is 2.31. The molecule has 0 radical (unpaired) electrons. The van der Waals surface area contributed by atoms with Crippen molar-refractivity contribution in [1.29, 1.82) is 0 Å². The van der Waals surface area contributed by atoms with E-state index >= 15 is 0 Å². The highest BCUT2D eigenvalue weighted by Gasteiger charge is 2.41. The van der Waals surface area contributed by atoms with Crippen molar-refractivity contribution in [3.8, 4) is 0 Å². The highest BCUT2D eigenvalue weighted by molar-refractivity contribution is 5.04. The lowest BCUT2D eigenvalue weighted by atomic mass is 10.2. The van der Waals surface area contributed by atoms with E-state index in [-0.39, 0.29) is 5.69 Å². The molecule has 1 aromatic heterocycles. The fraction of sp³-hybridized carbons (Fsp3) is 0.571. The van der Waals surface area contributed by atoms with Gasteiger partial charge in [0.15, 0.2) is 6.10 Å². The van der Waals surface area contributed by atoms with Crippen molar-refractivity contribution in [1.82, 2.24) is 9.55 Å². The van der Waals surface area contributed by atoms with Crippen molar-refractivity contribution in [2.75, 3.05) is 0 Å². The fourth-order valence-electron chi connectivity index (χ4n) is 0.991. The van der Waals surface area contributed by atoms with Crippen LogP contribution in [0.3, 0.4) is 0 Å². The van der Waals surface area contributed by atoms with Crippen LogP contribution in [0.2, 0.25) is 0 Å². The lowest BCUT2D eigenvalue weighted by molar-refractivity contribution is -0.208. The molecule has 3 nitrogen and oxygen atoms in total. The Hall–Kier alpha value is -1.04. The summed E-state index contributed by atoms with van der Waals surface area (Å²) in [5, 5.41) is 8.87. The molecule has 0 bridgehead atoms. The van der Waals surface area contributed by atoms with E-state index < -0.39 is 12.3 Å². The van der Waals surface area contributed by atoms with Crippen molar-refractivity contribution in [3.05, 3.63) is 18.2 Å². The Bertz CT molecular complexity index is 282. The third-order valence-electron chi connectivity index (χ3n) is 1.68. The molecule has 0 spiro atoms. The average molecular weight is 194 g/mol. The summed E-state index contributed by atoms with van der Waals surface area (Å²) in [7, 11) is 0. The Morgan fingerprint density at radius 1 is 1.62 bits per heavy atom. The molecule has 0 unspecified atom stereocenters. The van der Waals surface area contributed by atoms with Crippen molar-refractivity contribution in [2.24, 2.45) is 0 Å². The predicted molar refractivity (Wildman–Crippen MR) is 38.9 cm³/mol. The number of alkyl halides is 3. The number of hydrogen-bond donors (Lipinski definition) is 1. The second-order valence-electron chi connectivity index (χ2n) is 2.55. The summed E-state index contributed by atoms with van der Waals surface area (Å²) in [6.45, 7) is 2.02. The normalized spacial score (nSPS) is 14.5. The molecule has 0 amide bonds. The van der Waals surface area contributed by atoms with E-state index in [4.69, 9.17) is 5.11 Å². The van der Waals surface area contributed by atoms with Crippen LogP contribution in [-0.4, -0.2) is 20.8 Å².